The van der Waals surface area contributed by atoms with Crippen LogP contribution in [0.15, 0.2) is 55.1 Å². The van der Waals surface area contributed by atoms with Gasteiger partial charge in [-0.1, -0.05) is 96.7 Å². The van der Waals surface area contributed by atoms with Gasteiger partial charge in [-0.15, -0.1) is 0 Å². The Kier molecular flexibility index (Phi) is 5.59. The van der Waals surface area contributed by atoms with E-state index in [0.717, 1.165) is 12.8 Å². The number of ether oxygens (including phenoxy) is 1. The average molecular weight is 385 g/mol. The maximum Gasteiger partial charge on any atom is 0.200 e. The summed E-state index contributed by atoms with van der Waals surface area (Å²) in [4.78, 5) is 0. The van der Waals surface area contributed by atoms with E-state index in [1.165, 1.54) is 5.56 Å². The topological polar surface area (TPSA) is 18.5 Å². The third-order valence-electron chi connectivity index (χ3n) is 6.89. The van der Waals surface area contributed by atoms with Crippen molar-refractivity contribution in [2.24, 2.45) is 0 Å². The van der Waals surface area contributed by atoms with Gasteiger partial charge < -0.3 is 9.16 Å². The molecule has 0 radical (unpaired) electrons. The van der Waals surface area contributed by atoms with Crippen LogP contribution in [0.25, 0.3) is 0 Å². The smallest absolute Gasteiger partial charge is 0.200 e. The second-order valence-corrected chi connectivity index (χ2v) is 14.7. The fraction of sp³-hybridized carbons (Fsp3) is 0.583. The standard InChI is InChI=1S/C24H36O2Si/c1-8-23-15-12-16-24(26-23,21-13-10-9-11-14-21)17-22(23)25-27(18(2)3,19(4)5)20(6)7/h8-15,18-20,22H,1,16-17H2,2-7H3. The van der Waals surface area contributed by atoms with Gasteiger partial charge >= 0.3 is 0 Å². The van der Waals surface area contributed by atoms with E-state index in [0.29, 0.717) is 16.6 Å². The van der Waals surface area contributed by atoms with Crippen LogP contribution in [0.4, 0.5) is 0 Å². The Balaban J connectivity index is 2.03. The van der Waals surface area contributed by atoms with Crippen molar-refractivity contribution in [2.75, 3.05) is 0 Å². The average Bonchev–Trinajstić information content (AvgIpc) is 2.87. The van der Waals surface area contributed by atoms with E-state index in [1.807, 2.05) is 6.08 Å². The number of fused-ring (bicyclic) bond motifs is 2. The molecule has 2 heterocycles. The highest BCUT2D eigenvalue weighted by atomic mass is 28.4. The summed E-state index contributed by atoms with van der Waals surface area (Å²) >= 11 is 0. The maximum absolute atomic E-state index is 7.23. The van der Waals surface area contributed by atoms with Crippen molar-refractivity contribution in [2.45, 2.75) is 88.3 Å². The summed E-state index contributed by atoms with van der Waals surface area (Å²) in [5.41, 5.74) is 2.08. The molecule has 3 rings (SSSR count). The summed E-state index contributed by atoms with van der Waals surface area (Å²) in [6.07, 6.45) is 8.23. The zero-order valence-electron chi connectivity index (χ0n) is 17.9. The summed E-state index contributed by atoms with van der Waals surface area (Å²) < 4.78 is 14.0. The van der Waals surface area contributed by atoms with Crippen molar-refractivity contribution in [1.82, 2.24) is 0 Å². The Hall–Kier alpha value is -1.16. The van der Waals surface area contributed by atoms with Gasteiger partial charge in [-0.2, -0.15) is 0 Å². The SMILES string of the molecule is C=CC12C=CCC(c3ccccc3)(CC1O[Si](C(C)C)(C(C)C)C(C)C)O2. The van der Waals surface area contributed by atoms with E-state index >= 15 is 0 Å². The lowest BCUT2D eigenvalue weighted by molar-refractivity contribution is -0.0815. The van der Waals surface area contributed by atoms with Crippen LogP contribution in [0.1, 0.15) is 59.9 Å². The third-order valence-corrected chi connectivity index (χ3v) is 13.0. The van der Waals surface area contributed by atoms with E-state index in [9.17, 15) is 0 Å². The first kappa shape index (κ1) is 20.6. The molecule has 27 heavy (non-hydrogen) atoms. The van der Waals surface area contributed by atoms with Crippen LogP contribution in [0.2, 0.25) is 16.6 Å². The minimum atomic E-state index is -2.01. The van der Waals surface area contributed by atoms with Crippen molar-refractivity contribution < 1.29 is 9.16 Å². The molecule has 0 saturated carbocycles. The summed E-state index contributed by atoms with van der Waals surface area (Å²) in [6.45, 7) is 18.2. The van der Waals surface area contributed by atoms with Crippen LogP contribution in [0.3, 0.4) is 0 Å². The predicted octanol–water partition coefficient (Wildman–Crippen LogP) is 6.75. The van der Waals surface area contributed by atoms with Crippen LogP contribution in [-0.2, 0) is 14.8 Å². The molecule has 2 bridgehead atoms. The molecule has 0 spiro atoms. The molecule has 0 aliphatic carbocycles. The van der Waals surface area contributed by atoms with E-state index < -0.39 is 13.9 Å². The molecule has 2 aliphatic rings. The number of rotatable bonds is 7. The number of hydrogen-bond donors (Lipinski definition) is 0. The van der Waals surface area contributed by atoms with Gasteiger partial charge in [0.2, 0.25) is 8.32 Å². The molecular formula is C24H36O2Si. The van der Waals surface area contributed by atoms with Crippen LogP contribution >= 0.6 is 0 Å². The molecule has 148 valence electrons. The normalized spacial score (nSPS) is 30.5. The highest BCUT2D eigenvalue weighted by Crippen LogP contribution is 2.55. The summed E-state index contributed by atoms with van der Waals surface area (Å²) in [6, 6.07) is 10.6. The van der Waals surface area contributed by atoms with E-state index in [4.69, 9.17) is 9.16 Å². The van der Waals surface area contributed by atoms with Crippen LogP contribution < -0.4 is 0 Å². The molecule has 1 aromatic carbocycles. The van der Waals surface area contributed by atoms with Crippen LogP contribution in [0.5, 0.6) is 0 Å². The highest BCUT2D eigenvalue weighted by molar-refractivity contribution is 6.77. The Morgan fingerprint density at radius 2 is 1.67 bits per heavy atom. The van der Waals surface area contributed by atoms with E-state index in [-0.39, 0.29) is 11.7 Å². The van der Waals surface area contributed by atoms with Crippen molar-refractivity contribution >= 4 is 8.32 Å². The van der Waals surface area contributed by atoms with Gasteiger partial charge in [-0.25, -0.2) is 0 Å². The molecule has 1 aromatic rings. The summed E-state index contributed by atoms with van der Waals surface area (Å²) in [5.74, 6) is 0. The molecule has 0 amide bonds. The van der Waals surface area contributed by atoms with Crippen molar-refractivity contribution in [3.05, 3.63) is 60.7 Å². The first-order valence-electron chi connectivity index (χ1n) is 10.5. The van der Waals surface area contributed by atoms with Gasteiger partial charge in [0, 0.05) is 6.42 Å². The largest absolute Gasteiger partial charge is 0.409 e. The Morgan fingerprint density at radius 1 is 1.07 bits per heavy atom. The Bertz CT molecular complexity index is 672. The second kappa shape index (κ2) is 7.34. The van der Waals surface area contributed by atoms with Gasteiger partial charge in [0.05, 0.1) is 6.10 Å². The zero-order chi connectivity index (χ0) is 19.9. The van der Waals surface area contributed by atoms with Gasteiger partial charge in [0.1, 0.15) is 11.2 Å². The van der Waals surface area contributed by atoms with Crippen LogP contribution in [0, 0.1) is 0 Å². The van der Waals surface area contributed by atoms with Gasteiger partial charge in [0.25, 0.3) is 0 Å². The fourth-order valence-electron chi connectivity index (χ4n) is 5.67. The highest BCUT2D eigenvalue weighted by Gasteiger charge is 2.59. The lowest BCUT2D eigenvalue weighted by Gasteiger charge is -2.46. The van der Waals surface area contributed by atoms with Crippen LogP contribution in [-0.4, -0.2) is 20.0 Å². The number of hydrogen-bond acceptors (Lipinski definition) is 2. The minimum absolute atomic E-state index is 0.0211. The molecule has 1 saturated heterocycles. The summed E-state index contributed by atoms with van der Waals surface area (Å²) in [5, 5.41) is 0. The lowest BCUT2D eigenvalue weighted by atomic mass is 9.87. The molecule has 3 atom stereocenters. The van der Waals surface area contributed by atoms with Gasteiger partial charge in [-0.05, 0) is 28.6 Å². The number of benzene rings is 1. The maximum atomic E-state index is 7.23. The Morgan fingerprint density at radius 3 is 2.19 bits per heavy atom. The zero-order valence-corrected chi connectivity index (χ0v) is 18.9. The van der Waals surface area contributed by atoms with E-state index in [1.54, 1.807) is 0 Å². The molecule has 1 fully saturated rings. The van der Waals surface area contributed by atoms with Gasteiger partial charge in [0.15, 0.2) is 0 Å². The molecule has 3 heteroatoms. The first-order chi connectivity index (χ1) is 12.7. The predicted molar refractivity (Wildman–Crippen MR) is 116 cm³/mol. The lowest BCUT2D eigenvalue weighted by Crippen LogP contribution is -2.53. The molecule has 2 nitrogen and oxygen atoms in total. The third kappa shape index (κ3) is 3.18. The van der Waals surface area contributed by atoms with Crippen molar-refractivity contribution in [3.63, 3.8) is 0 Å². The molecule has 0 aromatic heterocycles. The quantitative estimate of drug-likeness (QED) is 0.382. The molecule has 2 aliphatic heterocycles. The summed E-state index contributed by atoms with van der Waals surface area (Å²) in [7, 11) is -2.01. The Labute approximate surface area is 166 Å². The van der Waals surface area contributed by atoms with Gasteiger partial charge in [-0.3, -0.25) is 0 Å². The molecule has 3 unspecified atom stereocenters. The first-order valence-corrected chi connectivity index (χ1v) is 12.6. The minimum Gasteiger partial charge on any atom is -0.409 e. The van der Waals surface area contributed by atoms with Crippen molar-refractivity contribution in [3.8, 4) is 0 Å². The second-order valence-electron chi connectivity index (χ2n) is 9.25. The van der Waals surface area contributed by atoms with E-state index in [2.05, 4.69) is 90.6 Å². The van der Waals surface area contributed by atoms with Crippen molar-refractivity contribution in [1.29, 1.82) is 0 Å². The molecular weight excluding hydrogens is 348 g/mol. The monoisotopic (exact) mass is 384 g/mol. The fourth-order valence-corrected chi connectivity index (χ4v) is 11.2. The molecule has 0 N–H and O–H groups in total.